The molecule has 0 N–H and O–H groups in total. The number of halogens is 4. The highest BCUT2D eigenvalue weighted by Crippen LogP contribution is 2.38. The van der Waals surface area contributed by atoms with E-state index in [1.54, 1.807) is 30.3 Å². The van der Waals surface area contributed by atoms with Crippen LogP contribution in [-0.2, 0) is 17.9 Å². The minimum absolute atomic E-state index is 0.203. The molecule has 1 aliphatic heterocycles. The Bertz CT molecular complexity index is 1220. The van der Waals surface area contributed by atoms with Gasteiger partial charge in [0.25, 0.3) is 11.1 Å². The molecule has 168 valence electrons. The molecule has 3 aromatic rings. The summed E-state index contributed by atoms with van der Waals surface area (Å²) in [5.74, 6) is -0.0167. The van der Waals surface area contributed by atoms with Gasteiger partial charge in [-0.15, -0.1) is 0 Å². The average molecular weight is 584 g/mol. The Morgan fingerprint density at radius 1 is 0.909 bits per heavy atom. The molecule has 4 nitrogen and oxygen atoms in total. The van der Waals surface area contributed by atoms with Gasteiger partial charge in [0.15, 0.2) is 5.75 Å². The molecule has 33 heavy (non-hydrogen) atoms. The highest BCUT2D eigenvalue weighted by molar-refractivity contribution is 9.10. The zero-order valence-corrected chi connectivity index (χ0v) is 21.5. The summed E-state index contributed by atoms with van der Waals surface area (Å²) in [4.78, 5) is 26.8. The Balaban J connectivity index is 1.49. The summed E-state index contributed by atoms with van der Waals surface area (Å²) in [6, 6.07) is 18.0. The molecule has 1 heterocycles. The maximum Gasteiger partial charge on any atom is 0.293 e. The quantitative estimate of drug-likeness (QED) is 0.274. The van der Waals surface area contributed by atoms with Crippen molar-refractivity contribution in [2.24, 2.45) is 0 Å². The van der Waals surface area contributed by atoms with E-state index in [9.17, 15) is 9.59 Å². The van der Waals surface area contributed by atoms with Gasteiger partial charge in [0.2, 0.25) is 0 Å². The van der Waals surface area contributed by atoms with Crippen LogP contribution in [0.1, 0.15) is 16.7 Å². The lowest BCUT2D eigenvalue weighted by molar-refractivity contribution is -0.123. The van der Waals surface area contributed by atoms with Crippen LogP contribution in [0, 0.1) is 0 Å². The van der Waals surface area contributed by atoms with Crippen LogP contribution >= 0.6 is 62.5 Å². The Hall–Kier alpha value is -1.96. The number of ether oxygens (including phenoxy) is 1. The van der Waals surface area contributed by atoms with E-state index in [4.69, 9.17) is 39.5 Å². The van der Waals surface area contributed by atoms with E-state index in [0.29, 0.717) is 31.3 Å². The van der Waals surface area contributed by atoms with Gasteiger partial charge in [-0.05, 0) is 70.9 Å². The molecule has 4 rings (SSSR count). The predicted octanol–water partition coefficient (Wildman–Crippen LogP) is 8.22. The predicted molar refractivity (Wildman–Crippen MR) is 138 cm³/mol. The average Bonchev–Trinajstić information content (AvgIpc) is 3.03. The lowest BCUT2D eigenvalue weighted by atomic mass is 10.2. The number of nitrogens with zero attached hydrogens (tertiary/aromatic N) is 1. The van der Waals surface area contributed by atoms with Crippen LogP contribution in [0.4, 0.5) is 4.79 Å². The number of amides is 2. The van der Waals surface area contributed by atoms with Gasteiger partial charge >= 0.3 is 0 Å². The highest BCUT2D eigenvalue weighted by atomic mass is 79.9. The number of benzene rings is 3. The molecule has 0 aliphatic carbocycles. The van der Waals surface area contributed by atoms with Crippen LogP contribution in [-0.4, -0.2) is 16.0 Å². The van der Waals surface area contributed by atoms with Gasteiger partial charge in [-0.3, -0.25) is 14.5 Å². The van der Waals surface area contributed by atoms with Crippen molar-refractivity contribution in [2.75, 3.05) is 0 Å². The smallest absolute Gasteiger partial charge is 0.293 e. The Morgan fingerprint density at radius 3 is 2.15 bits per heavy atom. The standard InChI is InChI=1S/C24H15BrCl3NO3S/c25-17-5-1-14(2-6-17)12-29-23(30)21(33-24(29)31)11-16-9-19(27)22(20(28)10-16)32-13-15-3-7-18(26)8-4-15/h1-11H,12-13H2/b21-11-. The number of thioether (sulfide) groups is 1. The third-order valence-electron chi connectivity index (χ3n) is 4.74. The number of imide groups is 1. The first-order valence-electron chi connectivity index (χ1n) is 9.66. The van der Waals surface area contributed by atoms with Crippen LogP contribution < -0.4 is 4.74 Å². The SMILES string of the molecule is O=C1S/C(=C\c2cc(Cl)c(OCc3ccc(Cl)cc3)c(Cl)c2)C(=O)N1Cc1ccc(Br)cc1. The topological polar surface area (TPSA) is 46.6 Å². The summed E-state index contributed by atoms with van der Waals surface area (Å²) >= 11 is 22.9. The summed E-state index contributed by atoms with van der Waals surface area (Å²) < 4.78 is 6.71. The first-order valence-corrected chi connectivity index (χ1v) is 12.4. The van der Waals surface area contributed by atoms with Crippen molar-refractivity contribution in [1.82, 2.24) is 4.90 Å². The van der Waals surface area contributed by atoms with E-state index in [-0.39, 0.29) is 24.3 Å². The normalized spacial score (nSPS) is 14.9. The molecule has 0 bridgehead atoms. The van der Waals surface area contributed by atoms with Gasteiger partial charge in [-0.25, -0.2) is 0 Å². The van der Waals surface area contributed by atoms with Gasteiger partial charge in [0.1, 0.15) is 6.61 Å². The minimum Gasteiger partial charge on any atom is -0.486 e. The van der Waals surface area contributed by atoms with Gasteiger partial charge in [-0.2, -0.15) is 0 Å². The second-order valence-electron chi connectivity index (χ2n) is 7.12. The number of hydrogen-bond acceptors (Lipinski definition) is 4. The van der Waals surface area contributed by atoms with E-state index in [0.717, 1.165) is 27.4 Å². The molecule has 0 radical (unpaired) electrons. The van der Waals surface area contributed by atoms with Gasteiger partial charge in [0, 0.05) is 9.50 Å². The fourth-order valence-electron chi connectivity index (χ4n) is 3.10. The third-order valence-corrected chi connectivity index (χ3v) is 6.99. The molecule has 0 atom stereocenters. The summed E-state index contributed by atoms with van der Waals surface area (Å²) in [6.07, 6.45) is 1.60. The number of hydrogen-bond donors (Lipinski definition) is 0. The monoisotopic (exact) mass is 581 g/mol. The van der Waals surface area contributed by atoms with Crippen molar-refractivity contribution in [1.29, 1.82) is 0 Å². The molecular formula is C24H15BrCl3NO3S. The van der Waals surface area contributed by atoms with Crippen LogP contribution in [0.15, 0.2) is 70.0 Å². The van der Waals surface area contributed by atoms with Gasteiger partial charge in [0.05, 0.1) is 21.5 Å². The molecule has 3 aromatic carbocycles. The highest BCUT2D eigenvalue weighted by Gasteiger charge is 2.35. The van der Waals surface area contributed by atoms with Crippen LogP contribution in [0.25, 0.3) is 6.08 Å². The summed E-state index contributed by atoms with van der Waals surface area (Å²) in [6.45, 7) is 0.471. The van der Waals surface area contributed by atoms with Crippen molar-refractivity contribution in [3.8, 4) is 5.75 Å². The largest absolute Gasteiger partial charge is 0.486 e. The van der Waals surface area contributed by atoms with Crippen molar-refractivity contribution in [3.63, 3.8) is 0 Å². The zero-order valence-electron chi connectivity index (χ0n) is 16.9. The van der Waals surface area contributed by atoms with Crippen molar-refractivity contribution < 1.29 is 14.3 Å². The first-order chi connectivity index (χ1) is 15.8. The summed E-state index contributed by atoms with van der Waals surface area (Å²) in [5.41, 5.74) is 2.36. The van der Waals surface area contributed by atoms with Crippen LogP contribution in [0.3, 0.4) is 0 Å². The summed E-state index contributed by atoms with van der Waals surface area (Å²) in [5, 5.41) is 0.920. The molecule has 1 aliphatic rings. The molecule has 9 heteroatoms. The Kier molecular flexibility index (Phi) is 7.72. The maximum atomic E-state index is 12.8. The molecule has 0 spiro atoms. The number of carbonyl (C=O) groups is 2. The lowest BCUT2D eigenvalue weighted by Gasteiger charge is -2.12. The molecular weight excluding hydrogens is 569 g/mol. The fraction of sp³-hybridized carbons (Fsp3) is 0.0833. The van der Waals surface area contributed by atoms with Crippen LogP contribution in [0.2, 0.25) is 15.1 Å². The van der Waals surface area contributed by atoms with E-state index in [1.807, 2.05) is 36.4 Å². The second-order valence-corrected chi connectivity index (χ2v) is 10.3. The van der Waals surface area contributed by atoms with Gasteiger partial charge in [-0.1, -0.05) is 75.0 Å². The van der Waals surface area contributed by atoms with Gasteiger partial charge < -0.3 is 4.74 Å². The van der Waals surface area contributed by atoms with E-state index >= 15 is 0 Å². The third kappa shape index (κ3) is 5.94. The van der Waals surface area contributed by atoms with E-state index in [1.165, 1.54) is 4.90 Å². The van der Waals surface area contributed by atoms with Crippen molar-refractivity contribution in [2.45, 2.75) is 13.2 Å². The number of carbonyl (C=O) groups excluding carboxylic acids is 2. The van der Waals surface area contributed by atoms with Crippen molar-refractivity contribution in [3.05, 3.63) is 102 Å². The molecule has 1 fully saturated rings. The van der Waals surface area contributed by atoms with Crippen molar-refractivity contribution >= 4 is 79.7 Å². The maximum absolute atomic E-state index is 12.8. The lowest BCUT2D eigenvalue weighted by Crippen LogP contribution is -2.27. The molecule has 0 unspecified atom stereocenters. The molecule has 1 saturated heterocycles. The van der Waals surface area contributed by atoms with Crippen LogP contribution in [0.5, 0.6) is 5.75 Å². The van der Waals surface area contributed by atoms with E-state index in [2.05, 4.69) is 15.9 Å². The first kappa shape index (κ1) is 24.2. The fourth-order valence-corrected chi connectivity index (χ4v) is 4.94. The molecule has 2 amide bonds. The molecule has 0 saturated carbocycles. The Morgan fingerprint density at radius 2 is 1.52 bits per heavy atom. The molecule has 0 aromatic heterocycles. The second kappa shape index (κ2) is 10.5. The zero-order chi connectivity index (χ0) is 23.5. The minimum atomic E-state index is -0.358. The summed E-state index contributed by atoms with van der Waals surface area (Å²) in [7, 11) is 0. The van der Waals surface area contributed by atoms with E-state index < -0.39 is 0 Å². The Labute approximate surface area is 218 Å². The number of rotatable bonds is 6.